The summed E-state index contributed by atoms with van der Waals surface area (Å²) in [5, 5.41) is 27.6. The van der Waals surface area contributed by atoms with E-state index in [1.165, 1.54) is 6.20 Å². The van der Waals surface area contributed by atoms with Crippen molar-refractivity contribution in [1.82, 2.24) is 4.98 Å². The molecule has 0 aromatic carbocycles. The zero-order valence-electron chi connectivity index (χ0n) is 9.23. The number of nitrogens with zero attached hydrogens (tertiary/aromatic N) is 2. The Balaban J connectivity index is 0.000000171. The SMILES string of the molecule is OCc1ccccn1.[O-][n+]1ccccc1CO. The highest BCUT2D eigenvalue weighted by Crippen LogP contribution is 1.89. The molecule has 5 heteroatoms. The second-order valence-electron chi connectivity index (χ2n) is 3.16. The Hall–Kier alpha value is -1.98. The topological polar surface area (TPSA) is 80.3 Å². The van der Waals surface area contributed by atoms with Crippen LogP contribution in [0.2, 0.25) is 0 Å². The van der Waals surface area contributed by atoms with Crippen LogP contribution < -0.4 is 4.73 Å². The Labute approximate surface area is 99.2 Å². The number of aliphatic hydroxyl groups excluding tert-OH is 2. The Kier molecular flexibility index (Phi) is 5.63. The van der Waals surface area contributed by atoms with Crippen molar-refractivity contribution in [3.05, 3.63) is 65.4 Å². The van der Waals surface area contributed by atoms with Crippen LogP contribution in [-0.2, 0) is 13.2 Å². The first-order valence-electron chi connectivity index (χ1n) is 5.06. The molecule has 2 aromatic heterocycles. The van der Waals surface area contributed by atoms with Crippen molar-refractivity contribution in [2.24, 2.45) is 0 Å². The van der Waals surface area contributed by atoms with Crippen LogP contribution in [0.3, 0.4) is 0 Å². The molecule has 0 aliphatic heterocycles. The fourth-order valence-electron chi connectivity index (χ4n) is 1.08. The molecule has 0 atom stereocenters. The number of hydrogen-bond acceptors (Lipinski definition) is 4. The van der Waals surface area contributed by atoms with E-state index in [2.05, 4.69) is 4.98 Å². The van der Waals surface area contributed by atoms with E-state index in [9.17, 15) is 5.21 Å². The van der Waals surface area contributed by atoms with Gasteiger partial charge in [-0.2, -0.15) is 4.73 Å². The normalized spacial score (nSPS) is 9.29. The smallest absolute Gasteiger partial charge is 0.218 e. The molecule has 0 amide bonds. The van der Waals surface area contributed by atoms with Crippen molar-refractivity contribution in [3.63, 3.8) is 0 Å². The van der Waals surface area contributed by atoms with Crippen LogP contribution in [-0.4, -0.2) is 15.2 Å². The Morgan fingerprint density at radius 3 is 2.24 bits per heavy atom. The van der Waals surface area contributed by atoms with E-state index >= 15 is 0 Å². The predicted octanol–water partition coefficient (Wildman–Crippen LogP) is 0.386. The first-order chi connectivity index (χ1) is 8.27. The Morgan fingerprint density at radius 1 is 1.06 bits per heavy atom. The van der Waals surface area contributed by atoms with Gasteiger partial charge in [0.2, 0.25) is 5.69 Å². The molecule has 2 N–H and O–H groups in total. The number of pyridine rings is 2. The van der Waals surface area contributed by atoms with Crippen LogP contribution in [0.15, 0.2) is 48.8 Å². The molecule has 0 saturated carbocycles. The van der Waals surface area contributed by atoms with Crippen molar-refractivity contribution in [2.45, 2.75) is 13.2 Å². The van der Waals surface area contributed by atoms with Gasteiger partial charge in [-0.15, -0.1) is 0 Å². The quantitative estimate of drug-likeness (QED) is 0.581. The summed E-state index contributed by atoms with van der Waals surface area (Å²) in [5.74, 6) is 0. The Morgan fingerprint density at radius 2 is 1.82 bits per heavy atom. The molecule has 17 heavy (non-hydrogen) atoms. The molecule has 5 nitrogen and oxygen atoms in total. The van der Waals surface area contributed by atoms with Gasteiger partial charge in [-0.25, -0.2) is 0 Å². The van der Waals surface area contributed by atoms with Gasteiger partial charge in [0.25, 0.3) is 0 Å². The van der Waals surface area contributed by atoms with E-state index in [0.29, 0.717) is 16.1 Å². The first kappa shape index (κ1) is 13.1. The lowest BCUT2D eigenvalue weighted by atomic mass is 10.4. The Bertz CT molecular complexity index is 435. The zero-order valence-corrected chi connectivity index (χ0v) is 9.23. The van der Waals surface area contributed by atoms with E-state index < -0.39 is 0 Å². The fraction of sp³-hybridized carbons (Fsp3) is 0.167. The molecule has 2 rings (SSSR count). The minimum absolute atomic E-state index is 0.0286. The van der Waals surface area contributed by atoms with Crippen LogP contribution in [0.1, 0.15) is 11.4 Å². The molecule has 2 aromatic rings. The molecule has 0 bridgehead atoms. The van der Waals surface area contributed by atoms with Crippen LogP contribution in [0.4, 0.5) is 0 Å². The number of hydrogen-bond donors (Lipinski definition) is 2. The van der Waals surface area contributed by atoms with Crippen LogP contribution >= 0.6 is 0 Å². The summed E-state index contributed by atoms with van der Waals surface area (Å²) < 4.78 is 0.639. The van der Waals surface area contributed by atoms with Gasteiger partial charge in [-0.05, 0) is 18.2 Å². The highest BCUT2D eigenvalue weighted by molar-refractivity contribution is 5.01. The predicted molar refractivity (Wildman–Crippen MR) is 61.5 cm³/mol. The van der Waals surface area contributed by atoms with Crippen molar-refractivity contribution in [2.75, 3.05) is 0 Å². The van der Waals surface area contributed by atoms with Crippen molar-refractivity contribution >= 4 is 0 Å². The third-order valence-electron chi connectivity index (χ3n) is 1.95. The lowest BCUT2D eigenvalue weighted by molar-refractivity contribution is -0.616. The number of aromatic nitrogens is 2. The molecule has 0 aliphatic carbocycles. The van der Waals surface area contributed by atoms with Crippen molar-refractivity contribution in [1.29, 1.82) is 0 Å². The fourth-order valence-corrected chi connectivity index (χ4v) is 1.08. The van der Waals surface area contributed by atoms with Crippen molar-refractivity contribution in [3.8, 4) is 0 Å². The highest BCUT2D eigenvalue weighted by atomic mass is 16.5. The van der Waals surface area contributed by atoms with Gasteiger partial charge in [0, 0.05) is 18.3 Å². The monoisotopic (exact) mass is 234 g/mol. The minimum Gasteiger partial charge on any atom is -0.618 e. The zero-order chi connectivity index (χ0) is 12.5. The van der Waals surface area contributed by atoms with Gasteiger partial charge in [0.15, 0.2) is 6.20 Å². The van der Waals surface area contributed by atoms with Crippen LogP contribution in [0.25, 0.3) is 0 Å². The third kappa shape index (κ3) is 4.58. The summed E-state index contributed by atoms with van der Waals surface area (Å²) in [4.78, 5) is 3.85. The van der Waals surface area contributed by atoms with E-state index in [4.69, 9.17) is 10.2 Å². The highest BCUT2D eigenvalue weighted by Gasteiger charge is 1.97. The summed E-state index contributed by atoms with van der Waals surface area (Å²) in [6, 6.07) is 10.3. The van der Waals surface area contributed by atoms with E-state index in [0.717, 1.165) is 0 Å². The van der Waals surface area contributed by atoms with Gasteiger partial charge < -0.3 is 15.4 Å². The average Bonchev–Trinajstić information content (AvgIpc) is 2.41. The van der Waals surface area contributed by atoms with Crippen LogP contribution in [0, 0.1) is 5.21 Å². The van der Waals surface area contributed by atoms with Crippen molar-refractivity contribution < 1.29 is 14.9 Å². The van der Waals surface area contributed by atoms with Gasteiger partial charge >= 0.3 is 0 Å². The molecule has 0 fully saturated rings. The molecular weight excluding hydrogens is 220 g/mol. The lowest BCUT2D eigenvalue weighted by Crippen LogP contribution is -2.30. The second kappa shape index (κ2) is 7.32. The third-order valence-corrected chi connectivity index (χ3v) is 1.95. The maximum atomic E-state index is 10.6. The van der Waals surface area contributed by atoms with E-state index in [1.54, 1.807) is 30.5 Å². The van der Waals surface area contributed by atoms with E-state index in [-0.39, 0.29) is 13.2 Å². The molecular formula is C12H14N2O3. The van der Waals surface area contributed by atoms with Gasteiger partial charge in [-0.3, -0.25) is 4.98 Å². The largest absolute Gasteiger partial charge is 0.618 e. The summed E-state index contributed by atoms with van der Waals surface area (Å²) >= 11 is 0. The summed E-state index contributed by atoms with van der Waals surface area (Å²) in [6.45, 7) is -0.175. The molecule has 0 radical (unpaired) electrons. The molecule has 0 spiro atoms. The maximum absolute atomic E-state index is 10.6. The van der Waals surface area contributed by atoms with Gasteiger partial charge in [0.05, 0.1) is 12.3 Å². The van der Waals surface area contributed by atoms with Gasteiger partial charge in [0.1, 0.15) is 6.61 Å². The minimum atomic E-state index is -0.204. The van der Waals surface area contributed by atoms with E-state index in [1.807, 2.05) is 12.1 Å². The summed E-state index contributed by atoms with van der Waals surface area (Å²) in [5.41, 5.74) is 1.09. The van der Waals surface area contributed by atoms with Crippen LogP contribution in [0.5, 0.6) is 0 Å². The molecule has 90 valence electrons. The lowest BCUT2D eigenvalue weighted by Gasteiger charge is -1.97. The first-order valence-corrected chi connectivity index (χ1v) is 5.06. The number of rotatable bonds is 2. The molecule has 0 unspecified atom stereocenters. The molecule has 0 saturated heterocycles. The summed E-state index contributed by atoms with van der Waals surface area (Å²) in [6.07, 6.45) is 3.01. The number of aliphatic hydroxyl groups is 2. The summed E-state index contributed by atoms with van der Waals surface area (Å²) in [7, 11) is 0. The molecule has 0 aliphatic rings. The molecule has 2 heterocycles. The van der Waals surface area contributed by atoms with Gasteiger partial charge in [-0.1, -0.05) is 6.07 Å². The average molecular weight is 234 g/mol. The maximum Gasteiger partial charge on any atom is 0.218 e. The second-order valence-corrected chi connectivity index (χ2v) is 3.16. The standard InChI is InChI=1S/C6H7NO2.C6H7NO/c8-5-6-3-1-2-4-7(6)9;8-5-6-3-1-2-4-7-6/h1-4,8H,5H2;1-4,8H,5H2.